The van der Waals surface area contributed by atoms with Crippen molar-refractivity contribution in [2.24, 2.45) is 27.1 Å². The lowest BCUT2D eigenvalue weighted by atomic mass is 9.66. The van der Waals surface area contributed by atoms with Crippen molar-refractivity contribution in [2.75, 3.05) is 26.4 Å². The number of allylic oxidation sites excluding steroid dienone is 16. The number of carbonyl (C=O) groups excluding carboxylic acids is 17. The third kappa shape index (κ3) is 32.6. The van der Waals surface area contributed by atoms with Gasteiger partial charge in [-0.2, -0.15) is 0 Å². The molecule has 1 saturated carbocycles. The highest BCUT2D eigenvalue weighted by Gasteiger charge is 2.61. The number of cyclic esters (lactones) is 5. The fraction of sp³-hybridized carbons (Fsp3) is 0.559. The normalized spacial score (nSPS) is 28.9. The van der Waals surface area contributed by atoms with Crippen molar-refractivity contribution in [3.8, 4) is 0 Å². The third-order valence-corrected chi connectivity index (χ3v) is 24.7. The minimum absolute atomic E-state index is 0.00803. The van der Waals surface area contributed by atoms with Gasteiger partial charge < -0.3 is 72.5 Å². The van der Waals surface area contributed by atoms with Gasteiger partial charge in [-0.1, -0.05) is 69.4 Å². The van der Waals surface area contributed by atoms with Crippen LogP contribution in [0.1, 0.15) is 245 Å². The van der Waals surface area contributed by atoms with E-state index >= 15 is 0 Å². The van der Waals surface area contributed by atoms with Gasteiger partial charge in [0.05, 0.1) is 85.6 Å². The second kappa shape index (κ2) is 52.3. The van der Waals surface area contributed by atoms with Crippen molar-refractivity contribution in [1.82, 2.24) is 0 Å². The summed E-state index contributed by atoms with van der Waals surface area (Å²) in [5.41, 5.74) is 3.73. The Morgan fingerprint density at radius 2 is 0.642 bits per heavy atom. The molecule has 6 fully saturated rings. The van der Waals surface area contributed by atoms with Gasteiger partial charge in [0, 0.05) is 72.8 Å². The Bertz CT molecular complexity index is 4820. The molecule has 732 valence electrons. The van der Waals surface area contributed by atoms with E-state index in [1.165, 1.54) is 77.5 Å². The zero-order valence-corrected chi connectivity index (χ0v) is 79.5. The maximum atomic E-state index is 12.6. The standard InChI is InChI=1S/C22H32O6.C20H26O7.C20H24O7.C20H26O6.C20H24O6/c1-14(2)7-6-8-15(3)11-20-22(13-21(25)28-20)12-18(26-16(4)23)9-10-19(22)27-17(5)24;2*1-13(4-3-5-15(11-21)12-22)8-18-20(10-19(25)27-18)9-16(26-14(2)23)6-7-17(20)24;2*1-13(5-4-6-14(2)12-21)9-18-20(11-19(24)26-18)10-16(25-15(3)22)7-8-17(20)23/h7,11,18-20H,6,8-10,12-13H2,1-5H3;5-8,16,18,21-22H,3-4,9-12H2,1-2H3;5-8,11,16,18,22H,3-4,9-10,12H2,1-2H3;6-9,16,18,21H,4-5,10-12H2,1-3H3;6-9,12,16,18H,4-5,10-11H2,1-3H3/b15-11+;13-8+;13-8+,15-5-;2*13-9+,14-6+/t18-,19?,20-,22?;4*16-,18-,20?/m11111/s1. The van der Waals surface area contributed by atoms with Crippen LogP contribution in [0.25, 0.3) is 0 Å². The third-order valence-electron chi connectivity index (χ3n) is 24.7. The molecule has 5 aliphatic carbocycles. The quantitative estimate of drug-likeness (QED) is 0.0160. The van der Waals surface area contributed by atoms with Gasteiger partial charge in [-0.05, 0) is 236 Å². The maximum absolute atomic E-state index is 12.6. The number of aliphatic hydroxyl groups is 4. The molecule has 5 saturated heterocycles. The van der Waals surface area contributed by atoms with Crippen LogP contribution < -0.4 is 0 Å². The average molecular weight is 1870 g/mol. The van der Waals surface area contributed by atoms with E-state index in [1.54, 1.807) is 55.5 Å². The lowest BCUT2D eigenvalue weighted by molar-refractivity contribution is -0.172. The van der Waals surface area contributed by atoms with Crippen LogP contribution in [-0.4, -0.2) is 215 Å². The van der Waals surface area contributed by atoms with Crippen LogP contribution in [0.3, 0.4) is 0 Å². The molecule has 32 nitrogen and oxygen atoms in total. The first-order valence-corrected chi connectivity index (χ1v) is 45.2. The number of ether oxygens (including phenoxy) is 11. The summed E-state index contributed by atoms with van der Waals surface area (Å²) in [4.78, 5) is 200. The highest BCUT2D eigenvalue weighted by Crippen LogP contribution is 2.53. The number of ketones is 4. The van der Waals surface area contributed by atoms with Crippen molar-refractivity contribution in [3.63, 3.8) is 0 Å². The molecule has 5 spiro atoms. The molecule has 5 heterocycles. The van der Waals surface area contributed by atoms with E-state index in [0.717, 1.165) is 65.4 Å². The molecule has 6 unspecified atom stereocenters. The number of aldehydes is 2. The molecule has 5 aliphatic heterocycles. The molecule has 32 heteroatoms. The van der Waals surface area contributed by atoms with E-state index in [-0.39, 0.29) is 131 Å². The van der Waals surface area contributed by atoms with Crippen molar-refractivity contribution < 1.29 is 154 Å². The summed E-state index contributed by atoms with van der Waals surface area (Å²) in [6, 6.07) is 0. The van der Waals surface area contributed by atoms with Gasteiger partial charge in [-0.15, -0.1) is 0 Å². The molecule has 0 aromatic heterocycles. The second-order valence-corrected chi connectivity index (χ2v) is 36.3. The van der Waals surface area contributed by atoms with Crippen molar-refractivity contribution in [1.29, 1.82) is 0 Å². The predicted octanol–water partition coefficient (Wildman–Crippen LogP) is 12.0. The fourth-order valence-corrected chi connectivity index (χ4v) is 17.9. The Morgan fingerprint density at radius 1 is 0.336 bits per heavy atom. The summed E-state index contributed by atoms with van der Waals surface area (Å²) in [5, 5.41) is 36.1. The summed E-state index contributed by atoms with van der Waals surface area (Å²) < 4.78 is 59.2. The van der Waals surface area contributed by atoms with E-state index in [1.807, 2.05) is 65.8 Å². The number of rotatable bonds is 32. The van der Waals surface area contributed by atoms with Gasteiger partial charge in [0.2, 0.25) is 0 Å². The van der Waals surface area contributed by atoms with Gasteiger partial charge in [0.15, 0.2) is 23.1 Å². The summed E-state index contributed by atoms with van der Waals surface area (Å²) in [6.45, 7) is 24.6. The fourth-order valence-electron chi connectivity index (χ4n) is 17.9. The van der Waals surface area contributed by atoms with Gasteiger partial charge >= 0.3 is 65.7 Å². The average Bonchev–Trinajstić information content (AvgIpc) is 1.60. The molecule has 4 N–H and O–H groups in total. The van der Waals surface area contributed by atoms with Crippen LogP contribution in [0.2, 0.25) is 0 Å². The molecule has 10 rings (SSSR count). The lowest BCUT2D eigenvalue weighted by Crippen LogP contribution is -2.50. The first-order chi connectivity index (χ1) is 63.2. The smallest absolute Gasteiger partial charge is 0.307 e. The van der Waals surface area contributed by atoms with Gasteiger partial charge in [0.25, 0.3) is 0 Å². The summed E-state index contributed by atoms with van der Waals surface area (Å²) >= 11 is 0. The molecule has 0 radical (unpaired) electrons. The van der Waals surface area contributed by atoms with Crippen LogP contribution >= 0.6 is 0 Å². The van der Waals surface area contributed by atoms with Crippen LogP contribution in [0.5, 0.6) is 0 Å². The van der Waals surface area contributed by atoms with E-state index in [4.69, 9.17) is 72.5 Å². The molecule has 0 aromatic carbocycles. The number of hydrogen-bond donors (Lipinski definition) is 4. The van der Waals surface area contributed by atoms with Crippen LogP contribution in [-0.2, 0) is 134 Å². The Labute approximate surface area is 782 Å². The van der Waals surface area contributed by atoms with Gasteiger partial charge in [-0.3, -0.25) is 81.5 Å². The molecular weight excluding hydrogens is 1740 g/mol. The minimum atomic E-state index is -1.07. The minimum Gasteiger partial charge on any atom is -0.463 e. The zero-order chi connectivity index (χ0) is 99.6. The van der Waals surface area contributed by atoms with Crippen LogP contribution in [0.4, 0.5) is 0 Å². The summed E-state index contributed by atoms with van der Waals surface area (Å²) in [7, 11) is 0. The molecule has 0 bridgehead atoms. The molecule has 10 aliphatic rings. The van der Waals surface area contributed by atoms with Crippen molar-refractivity contribution in [2.45, 2.75) is 312 Å². The highest BCUT2D eigenvalue weighted by atomic mass is 16.6. The van der Waals surface area contributed by atoms with E-state index in [2.05, 4.69) is 19.9 Å². The number of hydrogen-bond acceptors (Lipinski definition) is 32. The molecular formula is C102H132O32. The Kier molecular flexibility index (Phi) is 43.4. The maximum Gasteiger partial charge on any atom is 0.307 e. The first kappa shape index (κ1) is 111. The molecule has 134 heavy (non-hydrogen) atoms. The number of aliphatic hydroxyl groups excluding tert-OH is 4. The van der Waals surface area contributed by atoms with Crippen molar-refractivity contribution >= 4 is 101 Å². The largest absolute Gasteiger partial charge is 0.463 e. The monoisotopic (exact) mass is 1870 g/mol. The molecule has 0 aromatic rings. The molecule has 0 amide bonds. The lowest BCUT2D eigenvalue weighted by Gasteiger charge is -2.44. The topological polar surface area (TPSA) is 473 Å². The van der Waals surface area contributed by atoms with Crippen molar-refractivity contribution in [3.05, 3.63) is 165 Å². The predicted molar refractivity (Wildman–Crippen MR) is 485 cm³/mol. The summed E-state index contributed by atoms with van der Waals surface area (Å²) in [6.07, 6.45) is 34.9. The number of carbonyl (C=O) groups is 17. The second-order valence-electron chi connectivity index (χ2n) is 36.3. The van der Waals surface area contributed by atoms with Gasteiger partial charge in [0.1, 0.15) is 79.7 Å². The number of esters is 11. The van der Waals surface area contributed by atoms with Crippen LogP contribution in [0.15, 0.2) is 165 Å². The Hall–Kier alpha value is -11.6. The SMILES string of the molecule is CC(=O)OC1CC[C@@H](OC(C)=O)CC12CC(=O)O[C@@H]2/C=C(\C)CCC=C(C)C.CC(=O)O[C@@H]1C=CC(=O)C2(CC(=O)O[C@@H]2/C=C(\C)CC/C=C(/C=O)CO)C1.CC(=O)O[C@@H]1C=CC(=O)C2(CC(=O)O[C@@H]2/C=C(\C)CC/C=C(\C)C=O)C1.CC(=O)O[C@@H]1C=CC(=O)C2(CC(=O)O[C@@H]2/C=C(\C)CC/C=C(\C)CO)C1.CC(=O)O[C@@H]1C=CC(=O)C2(CC(=O)O[C@@H]2/C=C(\C)CCC=C(CO)CO)C1. The zero-order valence-electron chi connectivity index (χ0n) is 79.5. The van der Waals surface area contributed by atoms with E-state index in [0.29, 0.717) is 80.8 Å². The van der Waals surface area contributed by atoms with Gasteiger partial charge in [-0.25, -0.2) is 0 Å². The Morgan fingerprint density at radius 3 is 0.948 bits per heavy atom. The van der Waals surface area contributed by atoms with Crippen LogP contribution in [0, 0.1) is 27.1 Å². The summed E-state index contributed by atoms with van der Waals surface area (Å²) in [5.74, 6) is -5.31. The molecule has 16 atom stereocenters. The van der Waals surface area contributed by atoms with E-state index in [9.17, 15) is 81.5 Å². The first-order valence-electron chi connectivity index (χ1n) is 45.2. The Balaban J connectivity index is 0.000000258. The highest BCUT2D eigenvalue weighted by molar-refractivity contribution is 6.03. The van der Waals surface area contributed by atoms with E-state index < -0.39 is 136 Å².